The monoisotopic (exact) mass is 313 g/mol. The molecule has 0 radical (unpaired) electrons. The first-order chi connectivity index (χ1) is 10.5. The van der Waals surface area contributed by atoms with E-state index < -0.39 is 0 Å². The summed E-state index contributed by atoms with van der Waals surface area (Å²) in [6.07, 6.45) is 1.21. The Morgan fingerprint density at radius 1 is 1.05 bits per heavy atom. The molecule has 0 bridgehead atoms. The van der Waals surface area contributed by atoms with Gasteiger partial charge in [-0.25, -0.2) is 0 Å². The van der Waals surface area contributed by atoms with Crippen molar-refractivity contribution in [2.24, 2.45) is 5.41 Å². The average molecular weight is 314 g/mol. The van der Waals surface area contributed by atoms with Gasteiger partial charge in [0.15, 0.2) is 0 Å². The fourth-order valence-electron chi connectivity index (χ4n) is 3.76. The molecular formula is C20H24ClN. The first-order valence-corrected chi connectivity index (χ1v) is 8.44. The molecule has 1 aliphatic heterocycles. The van der Waals surface area contributed by atoms with Crippen LogP contribution in [0.25, 0.3) is 0 Å². The Morgan fingerprint density at radius 3 is 2.36 bits per heavy atom. The predicted molar refractivity (Wildman–Crippen MR) is 94.3 cm³/mol. The Labute approximate surface area is 138 Å². The van der Waals surface area contributed by atoms with Crippen molar-refractivity contribution in [2.45, 2.75) is 32.7 Å². The molecule has 1 fully saturated rings. The second-order valence-electron chi connectivity index (χ2n) is 7.08. The molecule has 2 aromatic carbocycles. The third-order valence-corrected chi connectivity index (χ3v) is 5.08. The van der Waals surface area contributed by atoms with Gasteiger partial charge in [-0.3, -0.25) is 4.90 Å². The maximum Gasteiger partial charge on any atom is 0.0406 e. The lowest BCUT2D eigenvalue weighted by molar-refractivity contribution is 0.0873. The van der Waals surface area contributed by atoms with E-state index in [2.05, 4.69) is 61.2 Å². The summed E-state index contributed by atoms with van der Waals surface area (Å²) in [7, 11) is 0. The Balaban J connectivity index is 1.70. The van der Waals surface area contributed by atoms with Crippen molar-refractivity contribution in [1.82, 2.24) is 4.90 Å². The number of hydrogen-bond acceptors (Lipinski definition) is 1. The molecule has 116 valence electrons. The van der Waals surface area contributed by atoms with Gasteiger partial charge in [-0.2, -0.15) is 0 Å². The van der Waals surface area contributed by atoms with E-state index >= 15 is 0 Å². The second kappa shape index (κ2) is 6.44. The molecule has 2 heteroatoms. The topological polar surface area (TPSA) is 3.24 Å². The van der Waals surface area contributed by atoms with Crippen molar-refractivity contribution in [3.8, 4) is 0 Å². The van der Waals surface area contributed by atoms with Crippen LogP contribution in [0.5, 0.6) is 0 Å². The highest BCUT2D eigenvalue weighted by Crippen LogP contribution is 2.42. The Morgan fingerprint density at radius 2 is 1.73 bits per heavy atom. The molecule has 1 aliphatic rings. The van der Waals surface area contributed by atoms with Crippen LogP contribution in [0.1, 0.15) is 37.3 Å². The van der Waals surface area contributed by atoms with Crippen LogP contribution in [0, 0.1) is 5.41 Å². The SMILES string of the molecule is CC1(C)CN(Cc2ccccc2)CC[C@@H]1c1ccc(Cl)cc1. The molecule has 1 heterocycles. The quantitative estimate of drug-likeness (QED) is 0.737. The van der Waals surface area contributed by atoms with Crippen molar-refractivity contribution in [3.63, 3.8) is 0 Å². The van der Waals surface area contributed by atoms with Gasteiger partial charge in [0.25, 0.3) is 0 Å². The smallest absolute Gasteiger partial charge is 0.0406 e. The molecule has 0 amide bonds. The third-order valence-electron chi connectivity index (χ3n) is 4.83. The number of halogens is 1. The maximum absolute atomic E-state index is 6.03. The van der Waals surface area contributed by atoms with E-state index in [1.165, 1.54) is 17.5 Å². The van der Waals surface area contributed by atoms with Gasteiger partial charge in [0.05, 0.1) is 0 Å². The van der Waals surface area contributed by atoms with Gasteiger partial charge in [-0.05, 0) is 47.6 Å². The Hall–Kier alpha value is -1.31. The van der Waals surface area contributed by atoms with E-state index in [9.17, 15) is 0 Å². The molecule has 3 rings (SSSR count). The van der Waals surface area contributed by atoms with E-state index in [1.807, 2.05) is 12.1 Å². The average Bonchev–Trinajstić information content (AvgIpc) is 2.49. The van der Waals surface area contributed by atoms with Crippen molar-refractivity contribution >= 4 is 11.6 Å². The highest BCUT2D eigenvalue weighted by atomic mass is 35.5. The summed E-state index contributed by atoms with van der Waals surface area (Å²) < 4.78 is 0. The first kappa shape index (κ1) is 15.6. The van der Waals surface area contributed by atoms with Crippen LogP contribution in [0.2, 0.25) is 5.02 Å². The summed E-state index contributed by atoms with van der Waals surface area (Å²) in [6.45, 7) is 8.13. The largest absolute Gasteiger partial charge is 0.299 e. The Bertz CT molecular complexity index is 603. The number of benzene rings is 2. The minimum atomic E-state index is 0.279. The van der Waals surface area contributed by atoms with Crippen LogP contribution in [0.4, 0.5) is 0 Å². The molecule has 0 N–H and O–H groups in total. The zero-order valence-corrected chi connectivity index (χ0v) is 14.2. The molecule has 1 saturated heterocycles. The van der Waals surface area contributed by atoms with Gasteiger partial charge < -0.3 is 0 Å². The summed E-state index contributed by atoms with van der Waals surface area (Å²) in [5.74, 6) is 0.608. The molecular weight excluding hydrogens is 290 g/mol. The fourth-order valence-corrected chi connectivity index (χ4v) is 3.88. The highest BCUT2D eigenvalue weighted by molar-refractivity contribution is 6.30. The first-order valence-electron chi connectivity index (χ1n) is 8.06. The van der Waals surface area contributed by atoms with Gasteiger partial charge in [0.2, 0.25) is 0 Å². The predicted octanol–water partition coefficient (Wildman–Crippen LogP) is 5.36. The molecule has 0 unspecified atom stereocenters. The van der Waals surface area contributed by atoms with Crippen LogP contribution in [-0.2, 0) is 6.54 Å². The van der Waals surface area contributed by atoms with Crippen molar-refractivity contribution in [2.75, 3.05) is 13.1 Å². The Kier molecular flexibility index (Phi) is 4.56. The molecule has 1 atom stereocenters. The number of likely N-dealkylation sites (tertiary alicyclic amines) is 1. The van der Waals surface area contributed by atoms with E-state index in [0.717, 1.165) is 24.7 Å². The summed E-state index contributed by atoms with van der Waals surface area (Å²) >= 11 is 6.03. The third kappa shape index (κ3) is 3.53. The summed E-state index contributed by atoms with van der Waals surface area (Å²) in [6, 6.07) is 19.2. The lowest BCUT2D eigenvalue weighted by Gasteiger charge is -2.44. The van der Waals surface area contributed by atoms with Gasteiger partial charge in [-0.15, -0.1) is 0 Å². The molecule has 2 aromatic rings. The van der Waals surface area contributed by atoms with Crippen LogP contribution < -0.4 is 0 Å². The molecule has 0 saturated carbocycles. The molecule has 0 spiro atoms. The van der Waals surface area contributed by atoms with Crippen LogP contribution in [-0.4, -0.2) is 18.0 Å². The second-order valence-corrected chi connectivity index (χ2v) is 7.51. The van der Waals surface area contributed by atoms with E-state index in [1.54, 1.807) is 0 Å². The van der Waals surface area contributed by atoms with E-state index in [4.69, 9.17) is 11.6 Å². The van der Waals surface area contributed by atoms with Crippen molar-refractivity contribution in [3.05, 3.63) is 70.7 Å². The normalized spacial score (nSPS) is 21.7. The lowest BCUT2D eigenvalue weighted by Crippen LogP contribution is -2.44. The molecule has 0 aliphatic carbocycles. The van der Waals surface area contributed by atoms with Crippen molar-refractivity contribution < 1.29 is 0 Å². The lowest BCUT2D eigenvalue weighted by atomic mass is 9.70. The van der Waals surface area contributed by atoms with E-state index in [-0.39, 0.29) is 5.41 Å². The van der Waals surface area contributed by atoms with Crippen LogP contribution in [0.15, 0.2) is 54.6 Å². The minimum absolute atomic E-state index is 0.279. The zero-order valence-electron chi connectivity index (χ0n) is 13.4. The molecule has 1 nitrogen and oxygen atoms in total. The standard InChI is InChI=1S/C20H24ClN/c1-20(2)15-22(14-16-6-4-3-5-7-16)13-12-19(20)17-8-10-18(21)11-9-17/h3-11,19H,12-15H2,1-2H3/t19-/m1/s1. The molecule has 22 heavy (non-hydrogen) atoms. The van der Waals surface area contributed by atoms with Crippen LogP contribution >= 0.6 is 11.6 Å². The van der Waals surface area contributed by atoms with Gasteiger partial charge in [-0.1, -0.05) is 67.9 Å². The van der Waals surface area contributed by atoms with Crippen molar-refractivity contribution in [1.29, 1.82) is 0 Å². The van der Waals surface area contributed by atoms with E-state index in [0.29, 0.717) is 5.92 Å². The number of piperidine rings is 1. The summed E-state index contributed by atoms with van der Waals surface area (Å²) in [5.41, 5.74) is 3.11. The fraction of sp³-hybridized carbons (Fsp3) is 0.400. The summed E-state index contributed by atoms with van der Waals surface area (Å²) in [4.78, 5) is 2.59. The number of rotatable bonds is 3. The summed E-state index contributed by atoms with van der Waals surface area (Å²) in [5, 5.41) is 0.822. The highest BCUT2D eigenvalue weighted by Gasteiger charge is 2.36. The minimum Gasteiger partial charge on any atom is -0.299 e. The zero-order chi connectivity index (χ0) is 15.6. The van der Waals surface area contributed by atoms with Gasteiger partial charge in [0.1, 0.15) is 0 Å². The number of nitrogens with zero attached hydrogens (tertiary/aromatic N) is 1. The maximum atomic E-state index is 6.03. The molecule has 0 aromatic heterocycles. The number of hydrogen-bond donors (Lipinski definition) is 0. The van der Waals surface area contributed by atoms with Gasteiger partial charge >= 0.3 is 0 Å². The van der Waals surface area contributed by atoms with Crippen LogP contribution in [0.3, 0.4) is 0 Å². The van der Waals surface area contributed by atoms with Gasteiger partial charge in [0, 0.05) is 18.1 Å².